The van der Waals surface area contributed by atoms with Gasteiger partial charge in [0.1, 0.15) is 18.2 Å². The van der Waals surface area contributed by atoms with Crippen LogP contribution in [0, 0.1) is 0 Å². The summed E-state index contributed by atoms with van der Waals surface area (Å²) >= 11 is 0. The van der Waals surface area contributed by atoms with E-state index in [9.17, 15) is 9.32 Å². The van der Waals surface area contributed by atoms with E-state index in [2.05, 4.69) is 26.2 Å². The van der Waals surface area contributed by atoms with Crippen LogP contribution in [0.25, 0.3) is 17.0 Å². The number of aliphatic hydroxyl groups is 1. The number of aromatic nitrogens is 4. The molecular weight excluding hydrogens is 392 g/mol. The third kappa shape index (κ3) is 4.09. The molecule has 2 aromatic heterocycles. The lowest BCUT2D eigenvalue weighted by Crippen LogP contribution is -2.44. The molecule has 1 aliphatic rings. The van der Waals surface area contributed by atoms with E-state index in [1.807, 2.05) is 24.3 Å². The monoisotopic (exact) mass is 416 g/mol. The van der Waals surface area contributed by atoms with Gasteiger partial charge < -0.3 is 14.7 Å². The first kappa shape index (κ1) is 19.7. The Balaban J connectivity index is 1.95. The third-order valence-electron chi connectivity index (χ3n) is 4.63. The zero-order valence-corrected chi connectivity index (χ0v) is 17.5. The molecule has 0 spiro atoms. The molecule has 0 aliphatic carbocycles. The summed E-state index contributed by atoms with van der Waals surface area (Å²) in [5, 5.41) is 9.86. The molecule has 3 aromatic rings. The smallest absolute Gasteiger partial charge is 0.239 e. The summed E-state index contributed by atoms with van der Waals surface area (Å²) < 4.78 is 23.9. The highest BCUT2D eigenvalue weighted by atomic mass is 32.2. The van der Waals surface area contributed by atoms with E-state index >= 15 is 0 Å². The van der Waals surface area contributed by atoms with Gasteiger partial charge in [0.05, 0.1) is 30.3 Å². The van der Waals surface area contributed by atoms with Crippen molar-refractivity contribution in [3.05, 3.63) is 36.2 Å². The van der Waals surface area contributed by atoms with Gasteiger partial charge in [-0.05, 0) is 19.1 Å². The second-order valence-electron chi connectivity index (χ2n) is 7.28. The highest BCUT2D eigenvalue weighted by Gasteiger charge is 2.23. The molecule has 29 heavy (non-hydrogen) atoms. The van der Waals surface area contributed by atoms with Crippen molar-refractivity contribution < 1.29 is 14.1 Å². The van der Waals surface area contributed by atoms with Gasteiger partial charge in [0, 0.05) is 34.9 Å². The first-order valence-corrected chi connectivity index (χ1v) is 11.7. The Labute approximate surface area is 169 Å². The standard InChI is InChI=1S/C19H24N6O3S/c1-13-12-28-9-8-24(13)17-10-16(23-29(2,3)27)21-19(22-17)25-15-7-5-4-6-14(15)20-18(25)11-26/h4-7,10,13,26H,8-9,11-12H2,1-3H3/t13-/m1/s1. The number of para-hydroxylation sites is 2. The SMILES string of the molecule is C[C@@H]1COCCN1c1cc(N=S(C)(C)=O)nc(-n2c(CO)nc3ccccc32)n1. The summed E-state index contributed by atoms with van der Waals surface area (Å²) in [7, 11) is -2.41. The molecule has 1 N–H and O–H groups in total. The molecule has 0 saturated carbocycles. The van der Waals surface area contributed by atoms with Crippen LogP contribution in [0.1, 0.15) is 12.7 Å². The molecule has 0 unspecified atom stereocenters. The maximum absolute atomic E-state index is 12.3. The average molecular weight is 417 g/mol. The number of nitrogens with zero attached hydrogens (tertiary/aromatic N) is 6. The van der Waals surface area contributed by atoms with Crippen molar-refractivity contribution in [3.8, 4) is 5.95 Å². The highest BCUT2D eigenvalue weighted by Crippen LogP contribution is 2.26. The molecule has 1 aliphatic heterocycles. The van der Waals surface area contributed by atoms with Gasteiger partial charge in [-0.2, -0.15) is 14.3 Å². The van der Waals surface area contributed by atoms with E-state index < -0.39 is 9.73 Å². The maximum atomic E-state index is 12.3. The van der Waals surface area contributed by atoms with Crippen molar-refractivity contribution in [3.63, 3.8) is 0 Å². The van der Waals surface area contributed by atoms with Crippen LogP contribution < -0.4 is 4.90 Å². The summed E-state index contributed by atoms with van der Waals surface area (Å²) in [5.74, 6) is 1.77. The van der Waals surface area contributed by atoms with Crippen molar-refractivity contribution in [1.82, 2.24) is 19.5 Å². The van der Waals surface area contributed by atoms with Crippen molar-refractivity contribution in [2.45, 2.75) is 19.6 Å². The highest BCUT2D eigenvalue weighted by molar-refractivity contribution is 7.92. The Bertz CT molecular complexity index is 1160. The Morgan fingerprint density at radius 2 is 2.07 bits per heavy atom. The van der Waals surface area contributed by atoms with Crippen LogP contribution in [-0.2, 0) is 21.1 Å². The molecule has 1 aromatic carbocycles. The fourth-order valence-electron chi connectivity index (χ4n) is 3.40. The van der Waals surface area contributed by atoms with Crippen LogP contribution in [0.3, 0.4) is 0 Å². The molecular formula is C19H24N6O3S. The number of imidazole rings is 1. The number of rotatable bonds is 4. The van der Waals surface area contributed by atoms with Gasteiger partial charge in [-0.1, -0.05) is 12.1 Å². The number of ether oxygens (including phenoxy) is 1. The fourth-order valence-corrected chi connectivity index (χ4v) is 3.95. The lowest BCUT2D eigenvalue weighted by atomic mass is 10.2. The molecule has 0 bridgehead atoms. The van der Waals surface area contributed by atoms with Crippen molar-refractivity contribution in [1.29, 1.82) is 0 Å². The third-order valence-corrected chi connectivity index (χ3v) is 5.26. The minimum atomic E-state index is -2.41. The van der Waals surface area contributed by atoms with Gasteiger partial charge >= 0.3 is 0 Å². The van der Waals surface area contributed by atoms with Crippen LogP contribution >= 0.6 is 0 Å². The molecule has 4 rings (SSSR count). The fraction of sp³-hybridized carbons (Fsp3) is 0.421. The zero-order valence-electron chi connectivity index (χ0n) is 16.6. The number of hydrogen-bond acceptors (Lipinski definition) is 8. The molecule has 0 amide bonds. The van der Waals surface area contributed by atoms with E-state index in [1.54, 1.807) is 23.1 Å². The first-order valence-electron chi connectivity index (χ1n) is 9.34. The Morgan fingerprint density at radius 3 is 2.79 bits per heavy atom. The van der Waals surface area contributed by atoms with E-state index in [4.69, 9.17) is 9.72 Å². The summed E-state index contributed by atoms with van der Waals surface area (Å²) in [6, 6.07) is 9.42. The molecule has 10 heteroatoms. The van der Waals surface area contributed by atoms with Crippen LogP contribution in [0.2, 0.25) is 0 Å². The molecule has 0 radical (unpaired) electrons. The van der Waals surface area contributed by atoms with Gasteiger partial charge in [-0.15, -0.1) is 0 Å². The Kier molecular flexibility index (Phi) is 5.24. The van der Waals surface area contributed by atoms with Gasteiger partial charge in [-0.25, -0.2) is 9.19 Å². The first-order chi connectivity index (χ1) is 13.9. The second-order valence-corrected chi connectivity index (χ2v) is 9.83. The van der Waals surface area contributed by atoms with Gasteiger partial charge in [0.2, 0.25) is 5.95 Å². The van der Waals surface area contributed by atoms with Gasteiger partial charge in [0.15, 0.2) is 5.82 Å². The predicted octanol–water partition coefficient (Wildman–Crippen LogP) is 1.89. The van der Waals surface area contributed by atoms with Crippen LogP contribution in [-0.4, -0.2) is 67.1 Å². The number of anilines is 1. The van der Waals surface area contributed by atoms with E-state index in [0.717, 1.165) is 11.0 Å². The Morgan fingerprint density at radius 1 is 1.28 bits per heavy atom. The second kappa shape index (κ2) is 7.69. The summed E-state index contributed by atoms with van der Waals surface area (Å²) in [6.45, 7) is 3.68. The van der Waals surface area contributed by atoms with E-state index in [0.29, 0.717) is 43.2 Å². The average Bonchev–Trinajstić information content (AvgIpc) is 3.05. The number of hydrogen-bond donors (Lipinski definition) is 1. The summed E-state index contributed by atoms with van der Waals surface area (Å²) in [6.07, 6.45) is 3.13. The van der Waals surface area contributed by atoms with Crippen LogP contribution in [0.15, 0.2) is 34.7 Å². The predicted molar refractivity (Wildman–Crippen MR) is 112 cm³/mol. The number of aliphatic hydroxyl groups excluding tert-OH is 1. The minimum Gasteiger partial charge on any atom is -0.388 e. The molecule has 9 nitrogen and oxygen atoms in total. The Hall–Kier alpha value is -2.56. The molecule has 154 valence electrons. The quantitative estimate of drug-likeness (QED) is 0.692. The van der Waals surface area contributed by atoms with E-state index in [-0.39, 0.29) is 12.6 Å². The number of benzene rings is 1. The zero-order chi connectivity index (χ0) is 20.6. The van der Waals surface area contributed by atoms with Gasteiger partial charge in [0.25, 0.3) is 0 Å². The minimum absolute atomic E-state index is 0.129. The van der Waals surface area contributed by atoms with Crippen molar-refractivity contribution in [2.75, 3.05) is 37.2 Å². The molecule has 1 fully saturated rings. The summed E-state index contributed by atoms with van der Waals surface area (Å²) in [4.78, 5) is 15.9. The van der Waals surface area contributed by atoms with Crippen LogP contribution in [0.5, 0.6) is 0 Å². The largest absolute Gasteiger partial charge is 0.388 e. The molecule has 3 heterocycles. The normalized spacial score (nSPS) is 17.7. The number of fused-ring (bicyclic) bond motifs is 1. The molecule has 1 saturated heterocycles. The molecule has 1 atom stereocenters. The lowest BCUT2D eigenvalue weighted by molar-refractivity contribution is 0.0985. The van der Waals surface area contributed by atoms with Gasteiger partial charge in [-0.3, -0.25) is 4.57 Å². The van der Waals surface area contributed by atoms with Crippen molar-refractivity contribution in [2.24, 2.45) is 4.36 Å². The number of morpholine rings is 1. The van der Waals surface area contributed by atoms with Crippen LogP contribution in [0.4, 0.5) is 11.6 Å². The van der Waals surface area contributed by atoms with E-state index in [1.165, 1.54) is 0 Å². The summed E-state index contributed by atoms with van der Waals surface area (Å²) in [5.41, 5.74) is 1.52. The lowest BCUT2D eigenvalue weighted by Gasteiger charge is -2.34. The topological polar surface area (TPSA) is 106 Å². The maximum Gasteiger partial charge on any atom is 0.239 e. The van der Waals surface area contributed by atoms with Crippen molar-refractivity contribution >= 4 is 32.4 Å².